The van der Waals surface area contributed by atoms with Crippen LogP contribution in [0.25, 0.3) is 0 Å². The lowest BCUT2D eigenvalue weighted by atomic mass is 10.1. The molecule has 0 saturated heterocycles. The van der Waals surface area contributed by atoms with Gasteiger partial charge in [-0.3, -0.25) is 4.79 Å². The molecule has 1 atom stereocenters. The van der Waals surface area contributed by atoms with Gasteiger partial charge in [0.25, 0.3) is 5.91 Å². The number of halogens is 1. The maximum Gasteiger partial charge on any atom is 0.254 e. The summed E-state index contributed by atoms with van der Waals surface area (Å²) in [5, 5.41) is 0. The SMILES string of the molecule is Cc1ccc(C(=O)N(C)C2CCc3ccccc32)cc1Br. The van der Waals surface area contributed by atoms with Crippen molar-refractivity contribution in [2.75, 3.05) is 7.05 Å². The molecule has 2 aromatic carbocycles. The van der Waals surface area contributed by atoms with Crippen molar-refractivity contribution in [1.29, 1.82) is 0 Å². The van der Waals surface area contributed by atoms with E-state index in [9.17, 15) is 4.79 Å². The number of benzene rings is 2. The highest BCUT2D eigenvalue weighted by Crippen LogP contribution is 2.35. The number of hydrogen-bond donors (Lipinski definition) is 0. The number of carbonyl (C=O) groups excluding carboxylic acids is 1. The quantitative estimate of drug-likeness (QED) is 0.785. The fraction of sp³-hybridized carbons (Fsp3) is 0.278. The summed E-state index contributed by atoms with van der Waals surface area (Å²) in [4.78, 5) is 14.6. The van der Waals surface area contributed by atoms with Gasteiger partial charge in [0.15, 0.2) is 0 Å². The summed E-state index contributed by atoms with van der Waals surface area (Å²) in [6.45, 7) is 2.02. The standard InChI is InChI=1S/C18H18BrNO/c1-12-7-8-14(11-16(12)19)18(21)20(2)17-10-9-13-5-3-4-6-15(13)17/h3-8,11,17H,9-10H2,1-2H3. The molecular formula is C18H18BrNO. The molecule has 0 aliphatic heterocycles. The molecule has 0 fully saturated rings. The first-order valence-corrected chi connectivity index (χ1v) is 7.98. The Morgan fingerprint density at radius 2 is 2.00 bits per heavy atom. The van der Waals surface area contributed by atoms with Crippen LogP contribution in [0, 0.1) is 6.92 Å². The van der Waals surface area contributed by atoms with Gasteiger partial charge in [0, 0.05) is 17.1 Å². The van der Waals surface area contributed by atoms with Gasteiger partial charge in [-0.15, -0.1) is 0 Å². The summed E-state index contributed by atoms with van der Waals surface area (Å²) in [7, 11) is 1.91. The third-order valence-corrected chi connectivity index (χ3v) is 5.16. The summed E-state index contributed by atoms with van der Waals surface area (Å²) in [6, 6.07) is 14.4. The Balaban J connectivity index is 1.87. The highest BCUT2D eigenvalue weighted by Gasteiger charge is 2.28. The van der Waals surface area contributed by atoms with Crippen molar-refractivity contribution in [2.24, 2.45) is 0 Å². The average Bonchev–Trinajstić information content (AvgIpc) is 2.92. The van der Waals surface area contributed by atoms with Crippen LogP contribution < -0.4 is 0 Å². The predicted molar refractivity (Wildman–Crippen MR) is 88.5 cm³/mol. The zero-order valence-corrected chi connectivity index (χ0v) is 13.9. The zero-order valence-electron chi connectivity index (χ0n) is 12.3. The summed E-state index contributed by atoms with van der Waals surface area (Å²) >= 11 is 3.50. The van der Waals surface area contributed by atoms with E-state index in [1.807, 2.05) is 37.1 Å². The van der Waals surface area contributed by atoms with Gasteiger partial charge in [-0.05, 0) is 48.6 Å². The molecule has 0 saturated carbocycles. The van der Waals surface area contributed by atoms with Gasteiger partial charge < -0.3 is 4.90 Å². The number of fused-ring (bicyclic) bond motifs is 1. The van der Waals surface area contributed by atoms with Crippen LogP contribution >= 0.6 is 15.9 Å². The summed E-state index contributed by atoms with van der Waals surface area (Å²) in [6.07, 6.45) is 2.06. The topological polar surface area (TPSA) is 20.3 Å². The molecule has 108 valence electrons. The molecule has 0 spiro atoms. The van der Waals surface area contributed by atoms with Crippen molar-refractivity contribution in [1.82, 2.24) is 4.90 Å². The number of nitrogens with zero attached hydrogens (tertiary/aromatic N) is 1. The molecule has 0 N–H and O–H groups in total. The molecule has 1 amide bonds. The zero-order chi connectivity index (χ0) is 15.0. The first-order valence-electron chi connectivity index (χ1n) is 7.19. The lowest BCUT2D eigenvalue weighted by Gasteiger charge is -2.25. The minimum atomic E-state index is 0.0809. The summed E-state index contributed by atoms with van der Waals surface area (Å²) in [5.74, 6) is 0.0809. The van der Waals surface area contributed by atoms with Gasteiger partial charge in [-0.2, -0.15) is 0 Å². The van der Waals surface area contributed by atoms with E-state index in [4.69, 9.17) is 0 Å². The molecule has 2 nitrogen and oxygen atoms in total. The maximum absolute atomic E-state index is 12.7. The molecule has 3 heteroatoms. The first-order chi connectivity index (χ1) is 10.1. The molecule has 1 aliphatic rings. The Morgan fingerprint density at radius 3 is 2.76 bits per heavy atom. The number of rotatable bonds is 2. The van der Waals surface area contributed by atoms with E-state index in [-0.39, 0.29) is 11.9 Å². The van der Waals surface area contributed by atoms with E-state index in [1.165, 1.54) is 11.1 Å². The highest BCUT2D eigenvalue weighted by molar-refractivity contribution is 9.10. The van der Waals surface area contributed by atoms with Crippen molar-refractivity contribution in [3.63, 3.8) is 0 Å². The Hall–Kier alpha value is -1.61. The number of hydrogen-bond acceptors (Lipinski definition) is 1. The molecule has 0 radical (unpaired) electrons. The average molecular weight is 344 g/mol. The van der Waals surface area contributed by atoms with E-state index in [2.05, 4.69) is 40.2 Å². The van der Waals surface area contributed by atoms with Crippen LogP contribution in [-0.4, -0.2) is 17.9 Å². The minimum absolute atomic E-state index is 0.0809. The fourth-order valence-corrected chi connectivity index (χ4v) is 3.39. The molecule has 21 heavy (non-hydrogen) atoms. The Morgan fingerprint density at radius 1 is 1.24 bits per heavy atom. The van der Waals surface area contributed by atoms with E-state index in [1.54, 1.807) is 0 Å². The molecule has 2 aromatic rings. The van der Waals surface area contributed by atoms with Crippen molar-refractivity contribution in [3.05, 3.63) is 69.2 Å². The number of aryl methyl sites for hydroxylation is 2. The molecule has 0 bridgehead atoms. The van der Waals surface area contributed by atoms with Gasteiger partial charge in [0.2, 0.25) is 0 Å². The van der Waals surface area contributed by atoms with Crippen molar-refractivity contribution in [3.8, 4) is 0 Å². The maximum atomic E-state index is 12.7. The van der Waals surface area contributed by atoms with Crippen LogP contribution in [0.1, 0.15) is 39.5 Å². The summed E-state index contributed by atoms with van der Waals surface area (Å²) in [5.41, 5.74) is 4.53. The first kappa shape index (κ1) is 14.3. The second-order valence-corrected chi connectivity index (χ2v) is 6.49. The van der Waals surface area contributed by atoms with E-state index < -0.39 is 0 Å². The van der Waals surface area contributed by atoms with Gasteiger partial charge in [0.1, 0.15) is 0 Å². The van der Waals surface area contributed by atoms with Crippen LogP contribution in [0.15, 0.2) is 46.9 Å². The summed E-state index contributed by atoms with van der Waals surface area (Å²) < 4.78 is 0.980. The largest absolute Gasteiger partial charge is 0.335 e. The van der Waals surface area contributed by atoms with Crippen LogP contribution in [0.4, 0.5) is 0 Å². The lowest BCUT2D eigenvalue weighted by Crippen LogP contribution is -2.30. The number of carbonyl (C=O) groups is 1. The van der Waals surface area contributed by atoms with Gasteiger partial charge >= 0.3 is 0 Å². The molecule has 3 rings (SSSR count). The van der Waals surface area contributed by atoms with Crippen LogP contribution in [-0.2, 0) is 6.42 Å². The monoisotopic (exact) mass is 343 g/mol. The third-order valence-electron chi connectivity index (χ3n) is 4.31. The second-order valence-electron chi connectivity index (χ2n) is 5.63. The smallest absolute Gasteiger partial charge is 0.254 e. The van der Waals surface area contributed by atoms with Crippen LogP contribution in [0.5, 0.6) is 0 Å². The predicted octanol–water partition coefficient (Wildman–Crippen LogP) is 4.52. The van der Waals surface area contributed by atoms with Crippen LogP contribution in [0.3, 0.4) is 0 Å². The van der Waals surface area contributed by atoms with Crippen molar-refractivity contribution in [2.45, 2.75) is 25.8 Å². The van der Waals surface area contributed by atoms with Gasteiger partial charge in [-0.1, -0.05) is 46.3 Å². The van der Waals surface area contributed by atoms with Gasteiger partial charge in [-0.25, -0.2) is 0 Å². The fourth-order valence-electron chi connectivity index (χ4n) is 3.01. The van der Waals surface area contributed by atoms with Gasteiger partial charge in [0.05, 0.1) is 6.04 Å². The molecule has 1 aliphatic carbocycles. The highest BCUT2D eigenvalue weighted by atomic mass is 79.9. The minimum Gasteiger partial charge on any atom is -0.335 e. The van der Waals surface area contributed by atoms with E-state index in [0.29, 0.717) is 0 Å². The Kier molecular flexibility index (Phi) is 3.85. The second kappa shape index (κ2) is 5.64. The lowest BCUT2D eigenvalue weighted by molar-refractivity contribution is 0.0730. The Labute approximate surface area is 133 Å². The Bertz CT molecular complexity index is 695. The molecule has 0 heterocycles. The molecular weight excluding hydrogens is 326 g/mol. The van der Waals surface area contributed by atoms with E-state index in [0.717, 1.165) is 28.4 Å². The normalized spacial score (nSPS) is 16.6. The van der Waals surface area contributed by atoms with Crippen molar-refractivity contribution < 1.29 is 4.79 Å². The van der Waals surface area contributed by atoms with Crippen molar-refractivity contribution >= 4 is 21.8 Å². The van der Waals surface area contributed by atoms with E-state index >= 15 is 0 Å². The molecule has 1 unspecified atom stereocenters. The third kappa shape index (κ3) is 2.62. The molecule has 0 aromatic heterocycles. The number of amides is 1. The van der Waals surface area contributed by atoms with Crippen LogP contribution in [0.2, 0.25) is 0 Å².